The van der Waals surface area contributed by atoms with E-state index in [9.17, 15) is 13.2 Å². The fraction of sp³-hybridized carbons (Fsp3) is 0.615. The summed E-state index contributed by atoms with van der Waals surface area (Å²) in [5, 5.41) is 8.93. The monoisotopic (exact) mass is 300 g/mol. The first-order valence-electron chi connectivity index (χ1n) is 6.79. The molecule has 0 amide bonds. The molecule has 1 aliphatic carbocycles. The van der Waals surface area contributed by atoms with Gasteiger partial charge in [0.05, 0.1) is 0 Å². The lowest BCUT2D eigenvalue weighted by Crippen LogP contribution is -2.25. The Kier molecular flexibility index (Phi) is 4.49. The van der Waals surface area contributed by atoms with Crippen molar-refractivity contribution in [3.63, 3.8) is 0 Å². The summed E-state index contributed by atoms with van der Waals surface area (Å²) in [5.41, 5.74) is -0.0406. The van der Waals surface area contributed by atoms with Gasteiger partial charge in [-0.1, -0.05) is 25.7 Å². The number of nitrogens with one attached hydrogen (secondary N) is 1. The van der Waals surface area contributed by atoms with Gasteiger partial charge in [-0.05, 0) is 18.4 Å². The molecule has 7 heteroatoms. The molecule has 1 aromatic rings. The van der Waals surface area contributed by atoms with E-state index in [-0.39, 0.29) is 10.6 Å². The number of hydrogen-bond donors (Lipinski definition) is 2. The van der Waals surface area contributed by atoms with Crippen LogP contribution in [0.4, 0.5) is 0 Å². The number of rotatable bonds is 6. The minimum Gasteiger partial charge on any atom is -0.477 e. The number of sulfonamides is 1. The zero-order valence-electron chi connectivity index (χ0n) is 11.5. The molecule has 6 nitrogen and oxygen atoms in total. The van der Waals surface area contributed by atoms with Crippen LogP contribution >= 0.6 is 0 Å². The predicted octanol–water partition coefficient (Wildman–Crippen LogP) is 1.58. The normalized spacial score (nSPS) is 16.6. The number of carboxylic acids is 1. The van der Waals surface area contributed by atoms with E-state index in [1.807, 2.05) is 0 Å². The lowest BCUT2D eigenvalue weighted by Gasteiger charge is -2.09. The molecule has 0 bridgehead atoms. The van der Waals surface area contributed by atoms with E-state index in [1.54, 1.807) is 0 Å². The first-order chi connectivity index (χ1) is 9.40. The van der Waals surface area contributed by atoms with Gasteiger partial charge in [-0.25, -0.2) is 17.9 Å². The molecule has 0 spiro atoms. The van der Waals surface area contributed by atoms with Crippen molar-refractivity contribution >= 4 is 16.0 Å². The van der Waals surface area contributed by atoms with Gasteiger partial charge in [-0.2, -0.15) is 0 Å². The summed E-state index contributed by atoms with van der Waals surface area (Å²) < 4.78 is 28.0. The van der Waals surface area contributed by atoms with Crippen molar-refractivity contribution in [2.45, 2.75) is 37.0 Å². The van der Waals surface area contributed by atoms with E-state index in [0.717, 1.165) is 6.42 Å². The lowest BCUT2D eigenvalue weighted by molar-refractivity contribution is 0.0686. The average Bonchev–Trinajstić information content (AvgIpc) is 2.98. The summed E-state index contributed by atoms with van der Waals surface area (Å²) in [5.74, 6) is -0.525. The van der Waals surface area contributed by atoms with Crippen LogP contribution < -0.4 is 4.72 Å². The van der Waals surface area contributed by atoms with Crippen LogP contribution in [0, 0.1) is 5.92 Å². The Morgan fingerprint density at radius 3 is 2.65 bits per heavy atom. The molecule has 0 aromatic carbocycles. The van der Waals surface area contributed by atoms with Crippen LogP contribution in [0.1, 0.15) is 42.6 Å². The number of carboxylic acid groups (broad SMARTS) is 1. The molecule has 0 radical (unpaired) electrons. The van der Waals surface area contributed by atoms with Crippen LogP contribution in [0.25, 0.3) is 0 Å². The van der Waals surface area contributed by atoms with Crippen molar-refractivity contribution in [2.75, 3.05) is 6.54 Å². The highest BCUT2D eigenvalue weighted by molar-refractivity contribution is 7.89. The zero-order chi connectivity index (χ0) is 14.8. The molecule has 1 aliphatic rings. The standard InChI is InChI=1S/C13H20N2O4S/c1-15-9-11(8-12(15)13(16)17)20(18,19)14-7-6-10-4-2-3-5-10/h8-10,14H,2-7H2,1H3,(H,16,17). The van der Waals surface area contributed by atoms with Crippen LogP contribution in [0.15, 0.2) is 17.2 Å². The van der Waals surface area contributed by atoms with Gasteiger partial charge in [0.25, 0.3) is 0 Å². The van der Waals surface area contributed by atoms with Crippen LogP contribution in [0.5, 0.6) is 0 Å². The maximum absolute atomic E-state index is 12.1. The molecule has 1 saturated carbocycles. The SMILES string of the molecule is Cn1cc(S(=O)(=O)NCCC2CCCC2)cc1C(=O)O. The summed E-state index contributed by atoms with van der Waals surface area (Å²) >= 11 is 0. The highest BCUT2D eigenvalue weighted by Crippen LogP contribution is 2.27. The molecule has 0 saturated heterocycles. The minimum absolute atomic E-state index is 0.00354. The van der Waals surface area contributed by atoms with E-state index in [2.05, 4.69) is 4.72 Å². The Labute approximate surface area is 118 Å². The highest BCUT2D eigenvalue weighted by atomic mass is 32.2. The maximum Gasteiger partial charge on any atom is 0.352 e. The summed E-state index contributed by atoms with van der Waals surface area (Å²) in [6, 6.07) is 1.18. The number of hydrogen-bond acceptors (Lipinski definition) is 3. The quantitative estimate of drug-likeness (QED) is 0.835. The van der Waals surface area contributed by atoms with Gasteiger partial charge >= 0.3 is 5.97 Å². The van der Waals surface area contributed by atoms with E-state index >= 15 is 0 Å². The zero-order valence-corrected chi connectivity index (χ0v) is 12.3. The van der Waals surface area contributed by atoms with Crippen molar-refractivity contribution in [2.24, 2.45) is 13.0 Å². The van der Waals surface area contributed by atoms with Gasteiger partial charge < -0.3 is 9.67 Å². The number of aromatic carboxylic acids is 1. The second-order valence-corrected chi connectivity index (χ2v) is 7.08. The molecule has 0 aliphatic heterocycles. The smallest absolute Gasteiger partial charge is 0.352 e. The summed E-state index contributed by atoms with van der Waals surface area (Å²) in [4.78, 5) is 10.9. The molecule has 2 rings (SSSR count). The number of aromatic nitrogens is 1. The molecule has 112 valence electrons. The van der Waals surface area contributed by atoms with Crippen molar-refractivity contribution in [3.8, 4) is 0 Å². The Morgan fingerprint density at radius 1 is 1.45 bits per heavy atom. The van der Waals surface area contributed by atoms with Crippen molar-refractivity contribution in [3.05, 3.63) is 18.0 Å². The van der Waals surface area contributed by atoms with Gasteiger partial charge in [0.2, 0.25) is 10.0 Å². The summed E-state index contributed by atoms with van der Waals surface area (Å²) in [6.07, 6.45) is 6.99. The number of carbonyl (C=O) groups is 1. The maximum atomic E-state index is 12.1. The van der Waals surface area contributed by atoms with Gasteiger partial charge in [-0.3, -0.25) is 0 Å². The largest absolute Gasteiger partial charge is 0.477 e. The topological polar surface area (TPSA) is 88.4 Å². The second-order valence-electron chi connectivity index (χ2n) is 5.31. The molecule has 1 fully saturated rings. The van der Waals surface area contributed by atoms with Gasteiger partial charge in [0, 0.05) is 19.8 Å². The Hall–Kier alpha value is -1.34. The fourth-order valence-corrected chi connectivity index (χ4v) is 3.79. The van der Waals surface area contributed by atoms with Crippen molar-refractivity contribution < 1.29 is 18.3 Å². The average molecular weight is 300 g/mol. The Bertz CT molecular complexity index is 586. The van der Waals surface area contributed by atoms with Crippen LogP contribution in [-0.4, -0.2) is 30.6 Å². The first kappa shape index (κ1) is 15.1. The molecule has 1 heterocycles. The molecular weight excluding hydrogens is 280 g/mol. The van der Waals surface area contributed by atoms with Crippen LogP contribution in [-0.2, 0) is 17.1 Å². The Morgan fingerprint density at radius 2 is 2.10 bits per heavy atom. The van der Waals surface area contributed by atoms with Crippen molar-refractivity contribution in [1.82, 2.24) is 9.29 Å². The van der Waals surface area contributed by atoms with Crippen molar-refractivity contribution in [1.29, 1.82) is 0 Å². The minimum atomic E-state index is -3.62. The predicted molar refractivity (Wildman–Crippen MR) is 74.1 cm³/mol. The number of aryl methyl sites for hydroxylation is 1. The second kappa shape index (κ2) is 5.97. The lowest BCUT2D eigenvalue weighted by atomic mass is 10.1. The third-order valence-corrected chi connectivity index (χ3v) is 5.26. The van der Waals surface area contributed by atoms with Crippen LogP contribution in [0.3, 0.4) is 0 Å². The third kappa shape index (κ3) is 3.40. The molecule has 0 unspecified atom stereocenters. The molecular formula is C13H20N2O4S. The van der Waals surface area contributed by atoms with E-state index in [0.29, 0.717) is 12.5 Å². The third-order valence-electron chi connectivity index (χ3n) is 3.83. The molecule has 20 heavy (non-hydrogen) atoms. The van der Waals surface area contributed by atoms with E-state index in [4.69, 9.17) is 5.11 Å². The number of nitrogens with zero attached hydrogens (tertiary/aromatic N) is 1. The molecule has 0 atom stereocenters. The molecule has 1 aromatic heterocycles. The summed E-state index contributed by atoms with van der Waals surface area (Å²) in [7, 11) is -2.11. The van der Waals surface area contributed by atoms with Gasteiger partial charge in [0.15, 0.2) is 0 Å². The fourth-order valence-electron chi connectivity index (χ4n) is 2.67. The van der Waals surface area contributed by atoms with Gasteiger partial charge in [-0.15, -0.1) is 0 Å². The highest BCUT2D eigenvalue weighted by Gasteiger charge is 2.21. The Balaban J connectivity index is 1.98. The van der Waals surface area contributed by atoms with E-state index in [1.165, 1.54) is 49.6 Å². The van der Waals surface area contributed by atoms with E-state index < -0.39 is 16.0 Å². The molecule has 2 N–H and O–H groups in total. The first-order valence-corrected chi connectivity index (χ1v) is 8.28. The van der Waals surface area contributed by atoms with Gasteiger partial charge in [0.1, 0.15) is 10.6 Å². The summed E-state index contributed by atoms with van der Waals surface area (Å²) in [6.45, 7) is 0.407. The van der Waals surface area contributed by atoms with Crippen LogP contribution in [0.2, 0.25) is 0 Å².